The maximum absolute atomic E-state index is 12.2. The number of hydrogen-bond donors (Lipinski definition) is 1. The number of carbonyl (C=O) groups is 1. The zero-order valence-electron chi connectivity index (χ0n) is 15.0. The Bertz CT molecular complexity index is 1070. The van der Waals surface area contributed by atoms with Crippen LogP contribution < -0.4 is 9.47 Å². The van der Waals surface area contributed by atoms with Gasteiger partial charge in [0.05, 0.1) is 23.9 Å². The van der Waals surface area contributed by atoms with Crippen LogP contribution in [-0.4, -0.2) is 24.4 Å². The largest absolute Gasteiger partial charge is 0.507 e. The van der Waals surface area contributed by atoms with Crippen molar-refractivity contribution in [2.45, 2.75) is 0 Å². The Balaban J connectivity index is 1.74. The lowest BCUT2D eigenvalue weighted by Crippen LogP contribution is -2.08. The third kappa shape index (κ3) is 4.34. The molecule has 0 atom stereocenters. The maximum atomic E-state index is 12.2. The molecule has 0 aliphatic rings. The van der Waals surface area contributed by atoms with Crippen LogP contribution >= 0.6 is 0 Å². The molecule has 6 nitrogen and oxygen atoms in total. The van der Waals surface area contributed by atoms with Crippen molar-refractivity contribution in [1.82, 2.24) is 0 Å². The average molecular weight is 372 g/mol. The first-order valence-corrected chi connectivity index (χ1v) is 8.33. The van der Waals surface area contributed by atoms with E-state index in [4.69, 9.17) is 14.7 Å². The van der Waals surface area contributed by atoms with Crippen molar-refractivity contribution in [2.24, 2.45) is 4.99 Å². The lowest BCUT2D eigenvalue weighted by molar-refractivity contribution is 0.0734. The monoisotopic (exact) mass is 372 g/mol. The second-order valence-corrected chi connectivity index (χ2v) is 5.73. The van der Waals surface area contributed by atoms with Gasteiger partial charge in [-0.1, -0.05) is 12.1 Å². The molecule has 28 heavy (non-hydrogen) atoms. The summed E-state index contributed by atoms with van der Waals surface area (Å²) < 4.78 is 10.3. The highest BCUT2D eigenvalue weighted by molar-refractivity contribution is 5.91. The van der Waals surface area contributed by atoms with Crippen molar-refractivity contribution in [3.05, 3.63) is 83.4 Å². The molecule has 1 N–H and O–H groups in total. The minimum atomic E-state index is -0.550. The topological polar surface area (TPSA) is 91.9 Å². The van der Waals surface area contributed by atoms with Gasteiger partial charge in [0.2, 0.25) is 0 Å². The van der Waals surface area contributed by atoms with Gasteiger partial charge in [-0.05, 0) is 48.5 Å². The third-order valence-electron chi connectivity index (χ3n) is 3.91. The van der Waals surface area contributed by atoms with Gasteiger partial charge < -0.3 is 14.6 Å². The van der Waals surface area contributed by atoms with Gasteiger partial charge in [-0.3, -0.25) is 4.99 Å². The van der Waals surface area contributed by atoms with Crippen molar-refractivity contribution in [1.29, 1.82) is 5.26 Å². The number of benzene rings is 3. The second kappa shape index (κ2) is 8.52. The predicted molar refractivity (Wildman–Crippen MR) is 104 cm³/mol. The number of hydrogen-bond acceptors (Lipinski definition) is 6. The van der Waals surface area contributed by atoms with Crippen molar-refractivity contribution in [3.63, 3.8) is 0 Å². The van der Waals surface area contributed by atoms with Gasteiger partial charge >= 0.3 is 5.97 Å². The van der Waals surface area contributed by atoms with Crippen LogP contribution in [0.5, 0.6) is 17.2 Å². The number of phenols is 1. The summed E-state index contributed by atoms with van der Waals surface area (Å²) in [6, 6.07) is 19.9. The van der Waals surface area contributed by atoms with Crippen LogP contribution in [0.4, 0.5) is 5.69 Å². The van der Waals surface area contributed by atoms with Crippen LogP contribution in [0, 0.1) is 11.3 Å². The molecule has 3 rings (SSSR count). The minimum absolute atomic E-state index is 0.0989. The number of ether oxygens (including phenoxy) is 2. The van der Waals surface area contributed by atoms with Gasteiger partial charge in [-0.2, -0.15) is 5.26 Å². The Morgan fingerprint density at radius 1 is 1.07 bits per heavy atom. The molecule has 0 unspecified atom stereocenters. The van der Waals surface area contributed by atoms with Gasteiger partial charge in [0.25, 0.3) is 0 Å². The second-order valence-electron chi connectivity index (χ2n) is 5.73. The van der Waals surface area contributed by atoms with Crippen LogP contribution in [0.3, 0.4) is 0 Å². The summed E-state index contributed by atoms with van der Waals surface area (Å²) in [5.41, 5.74) is 1.72. The molecular weight excluding hydrogens is 356 g/mol. The molecule has 3 aromatic carbocycles. The summed E-state index contributed by atoms with van der Waals surface area (Å²) in [5.74, 6) is 0.188. The van der Waals surface area contributed by atoms with Gasteiger partial charge in [0, 0.05) is 17.8 Å². The molecule has 0 radical (unpaired) electrons. The summed E-state index contributed by atoms with van der Waals surface area (Å²) in [6.07, 6.45) is 1.45. The summed E-state index contributed by atoms with van der Waals surface area (Å²) in [7, 11) is 1.54. The molecular formula is C22H16N2O4. The summed E-state index contributed by atoms with van der Waals surface area (Å²) in [6.45, 7) is 0. The average Bonchev–Trinajstić information content (AvgIpc) is 2.73. The van der Waals surface area contributed by atoms with Crippen molar-refractivity contribution >= 4 is 17.9 Å². The van der Waals surface area contributed by atoms with Crippen molar-refractivity contribution in [2.75, 3.05) is 7.11 Å². The van der Waals surface area contributed by atoms with E-state index in [2.05, 4.69) is 11.1 Å². The molecule has 0 saturated heterocycles. The first kappa shape index (κ1) is 18.7. The Labute approximate surface area is 161 Å². The molecule has 0 spiro atoms. The van der Waals surface area contributed by atoms with E-state index in [1.165, 1.54) is 12.3 Å². The highest BCUT2D eigenvalue weighted by Crippen LogP contribution is 2.25. The number of aromatic hydroxyl groups is 1. The first-order chi connectivity index (χ1) is 13.6. The van der Waals surface area contributed by atoms with E-state index in [9.17, 15) is 9.90 Å². The number of nitrogens with zero attached hydrogens (tertiary/aromatic N) is 2. The molecule has 0 fully saturated rings. The molecule has 3 aromatic rings. The van der Waals surface area contributed by atoms with Crippen LogP contribution in [0.2, 0.25) is 0 Å². The fourth-order valence-corrected chi connectivity index (χ4v) is 2.41. The highest BCUT2D eigenvalue weighted by atomic mass is 16.5. The van der Waals surface area contributed by atoms with Gasteiger partial charge in [-0.15, -0.1) is 0 Å². The zero-order chi connectivity index (χ0) is 19.9. The molecule has 0 bridgehead atoms. The van der Waals surface area contributed by atoms with Crippen molar-refractivity contribution < 1.29 is 19.4 Å². The van der Waals surface area contributed by atoms with Gasteiger partial charge in [-0.25, -0.2) is 4.79 Å². The van der Waals surface area contributed by atoms with Crippen LogP contribution in [0.25, 0.3) is 0 Å². The van der Waals surface area contributed by atoms with E-state index in [0.29, 0.717) is 28.1 Å². The molecule has 0 amide bonds. The highest BCUT2D eigenvalue weighted by Gasteiger charge is 2.10. The lowest BCUT2D eigenvalue weighted by Gasteiger charge is -2.07. The minimum Gasteiger partial charge on any atom is -0.507 e. The number of methoxy groups -OCH3 is 1. The van der Waals surface area contributed by atoms with Crippen molar-refractivity contribution in [3.8, 4) is 23.3 Å². The zero-order valence-corrected chi connectivity index (χ0v) is 15.0. The fourth-order valence-electron chi connectivity index (χ4n) is 2.41. The van der Waals surface area contributed by atoms with Crippen LogP contribution in [0.1, 0.15) is 21.5 Å². The Hall–Kier alpha value is -4.11. The third-order valence-corrected chi connectivity index (χ3v) is 3.91. The molecule has 0 aliphatic heterocycles. The molecule has 0 aromatic heterocycles. The Morgan fingerprint density at radius 3 is 2.46 bits per heavy atom. The number of phenolic OH excluding ortho intramolecular Hbond substituents is 1. The molecule has 0 heterocycles. The van der Waals surface area contributed by atoms with E-state index in [0.717, 1.165) is 0 Å². The number of nitriles is 1. The standard InChI is InChI=1S/C22H16N2O4/c1-27-18-9-6-15(7-10-18)22(26)28-19-11-8-17(21(25)12-19)14-24-20-5-3-2-4-16(20)13-23/h2-12,14,25H,1H3. The smallest absolute Gasteiger partial charge is 0.343 e. The summed E-state index contributed by atoms with van der Waals surface area (Å²) in [4.78, 5) is 16.4. The predicted octanol–water partition coefficient (Wildman–Crippen LogP) is 4.24. The molecule has 138 valence electrons. The molecule has 0 aliphatic carbocycles. The van der Waals surface area contributed by atoms with Crippen LogP contribution in [0.15, 0.2) is 71.7 Å². The Morgan fingerprint density at radius 2 is 1.79 bits per heavy atom. The van der Waals surface area contributed by atoms with Crippen LogP contribution in [-0.2, 0) is 0 Å². The molecule has 6 heteroatoms. The quantitative estimate of drug-likeness (QED) is 0.411. The van der Waals surface area contributed by atoms with E-state index in [1.54, 1.807) is 67.8 Å². The van der Waals surface area contributed by atoms with Gasteiger partial charge in [0.1, 0.15) is 23.3 Å². The summed E-state index contributed by atoms with van der Waals surface area (Å²) >= 11 is 0. The first-order valence-electron chi connectivity index (χ1n) is 8.33. The number of rotatable bonds is 5. The fraction of sp³-hybridized carbons (Fsp3) is 0.0455. The summed E-state index contributed by atoms with van der Waals surface area (Å²) in [5, 5.41) is 19.3. The lowest BCUT2D eigenvalue weighted by atomic mass is 10.2. The number of carbonyl (C=O) groups excluding carboxylic acids is 1. The van der Waals surface area contributed by atoms with E-state index >= 15 is 0 Å². The maximum Gasteiger partial charge on any atom is 0.343 e. The normalized spacial score (nSPS) is 10.4. The number of para-hydroxylation sites is 1. The Kier molecular flexibility index (Phi) is 5.68. The van der Waals surface area contributed by atoms with E-state index in [-0.39, 0.29) is 11.5 Å². The number of esters is 1. The van der Waals surface area contributed by atoms with Gasteiger partial charge in [0.15, 0.2) is 0 Å². The molecule has 0 saturated carbocycles. The SMILES string of the molecule is COc1ccc(C(=O)Oc2ccc(C=Nc3ccccc3C#N)c(O)c2)cc1. The number of aliphatic imine (C=N–C) groups is 1. The van der Waals surface area contributed by atoms with E-state index < -0.39 is 5.97 Å². The van der Waals surface area contributed by atoms with E-state index in [1.807, 2.05) is 0 Å².